The van der Waals surface area contributed by atoms with E-state index in [1.54, 1.807) is 43.4 Å². The van der Waals surface area contributed by atoms with E-state index < -0.39 is 5.82 Å². The fraction of sp³-hybridized carbons (Fsp3) is 0.286. The van der Waals surface area contributed by atoms with Crippen LogP contribution in [0, 0.1) is 5.82 Å². The highest BCUT2D eigenvalue weighted by Gasteiger charge is 2.34. The largest absolute Gasteiger partial charge is 0.493 e. The molecule has 4 rings (SSSR count). The van der Waals surface area contributed by atoms with Crippen molar-refractivity contribution >= 4 is 5.91 Å². The third-order valence-electron chi connectivity index (χ3n) is 4.95. The molecule has 1 aromatic heterocycles. The molecule has 29 heavy (non-hydrogen) atoms. The summed E-state index contributed by atoms with van der Waals surface area (Å²) in [6.07, 6.45) is 1.51. The normalized spacial score (nSPS) is 16.1. The van der Waals surface area contributed by atoms with Gasteiger partial charge < -0.3 is 18.9 Å². The first-order valence-corrected chi connectivity index (χ1v) is 9.23. The Morgan fingerprint density at radius 2 is 2.00 bits per heavy atom. The van der Waals surface area contributed by atoms with Gasteiger partial charge in [0.25, 0.3) is 5.91 Å². The smallest absolute Gasteiger partial charge is 0.254 e. The van der Waals surface area contributed by atoms with E-state index in [4.69, 9.17) is 14.0 Å². The fourth-order valence-corrected chi connectivity index (χ4v) is 3.52. The molecule has 0 unspecified atom stereocenters. The number of carbonyl (C=O) groups is 1. The van der Waals surface area contributed by atoms with Crippen LogP contribution in [0.1, 0.15) is 35.1 Å². The van der Waals surface area contributed by atoms with Crippen LogP contribution in [0.25, 0.3) is 11.4 Å². The van der Waals surface area contributed by atoms with Gasteiger partial charge in [0.2, 0.25) is 11.7 Å². The zero-order valence-corrected chi connectivity index (χ0v) is 16.1. The zero-order valence-electron chi connectivity index (χ0n) is 16.1. The highest BCUT2D eigenvalue weighted by atomic mass is 19.1. The number of likely N-dealkylation sites (tertiary alicyclic amines) is 1. The molecule has 0 radical (unpaired) electrons. The molecule has 150 valence electrons. The Morgan fingerprint density at radius 3 is 2.76 bits per heavy atom. The monoisotopic (exact) mass is 397 g/mol. The van der Waals surface area contributed by atoms with Gasteiger partial charge in [-0.3, -0.25) is 4.79 Å². The van der Waals surface area contributed by atoms with Crippen LogP contribution in [-0.2, 0) is 0 Å². The second-order valence-corrected chi connectivity index (χ2v) is 6.69. The number of hydrogen-bond donors (Lipinski definition) is 0. The summed E-state index contributed by atoms with van der Waals surface area (Å²) in [5, 5.41) is 4.06. The summed E-state index contributed by atoms with van der Waals surface area (Å²) >= 11 is 0. The van der Waals surface area contributed by atoms with Gasteiger partial charge in [-0.15, -0.1) is 0 Å². The topological polar surface area (TPSA) is 77.7 Å². The van der Waals surface area contributed by atoms with Gasteiger partial charge in [0, 0.05) is 17.7 Å². The number of hydrogen-bond acceptors (Lipinski definition) is 6. The van der Waals surface area contributed by atoms with Crippen molar-refractivity contribution in [3.05, 3.63) is 59.7 Å². The van der Waals surface area contributed by atoms with E-state index in [1.165, 1.54) is 18.2 Å². The molecular formula is C21H20FN3O4. The quantitative estimate of drug-likeness (QED) is 0.650. The number of benzene rings is 2. The lowest BCUT2D eigenvalue weighted by molar-refractivity contribution is 0.0709. The highest BCUT2D eigenvalue weighted by Crippen LogP contribution is 2.35. The maximum atomic E-state index is 13.5. The number of aromatic nitrogens is 2. The van der Waals surface area contributed by atoms with Crippen molar-refractivity contribution in [2.45, 2.75) is 18.9 Å². The number of nitrogens with zero attached hydrogens (tertiary/aromatic N) is 3. The highest BCUT2D eigenvalue weighted by molar-refractivity contribution is 5.94. The maximum absolute atomic E-state index is 13.5. The van der Waals surface area contributed by atoms with E-state index in [9.17, 15) is 9.18 Å². The Labute approximate surface area is 167 Å². The lowest BCUT2D eigenvalue weighted by Gasteiger charge is -2.21. The molecule has 0 aliphatic carbocycles. The van der Waals surface area contributed by atoms with Crippen molar-refractivity contribution in [1.29, 1.82) is 0 Å². The Morgan fingerprint density at radius 1 is 1.17 bits per heavy atom. The van der Waals surface area contributed by atoms with Gasteiger partial charge in [-0.2, -0.15) is 4.98 Å². The number of halogens is 1. The van der Waals surface area contributed by atoms with Gasteiger partial charge in [-0.25, -0.2) is 4.39 Å². The van der Waals surface area contributed by atoms with Gasteiger partial charge in [0.1, 0.15) is 11.9 Å². The summed E-state index contributed by atoms with van der Waals surface area (Å²) in [6.45, 7) is 0.550. The number of amides is 1. The molecule has 1 aliphatic heterocycles. The molecule has 0 bridgehead atoms. The van der Waals surface area contributed by atoms with Crippen LogP contribution < -0.4 is 9.47 Å². The first-order valence-electron chi connectivity index (χ1n) is 9.23. The molecule has 1 amide bonds. The van der Waals surface area contributed by atoms with Gasteiger partial charge in [0.05, 0.1) is 14.2 Å². The summed E-state index contributed by atoms with van der Waals surface area (Å²) in [7, 11) is 3.12. The standard InChI is InChI=1S/C21H20FN3O4/c1-27-17-9-8-13(12-18(17)28-2)19-23-20(29-24-19)16-7-4-10-25(16)21(26)14-5-3-6-15(22)11-14/h3,5-6,8-9,11-12,16H,4,7,10H2,1-2H3/t16-/m1/s1. The second-order valence-electron chi connectivity index (χ2n) is 6.69. The number of methoxy groups -OCH3 is 2. The lowest BCUT2D eigenvalue weighted by Crippen LogP contribution is -2.30. The summed E-state index contributed by atoms with van der Waals surface area (Å²) < 4.78 is 29.5. The van der Waals surface area contributed by atoms with Crippen molar-refractivity contribution in [2.24, 2.45) is 0 Å². The van der Waals surface area contributed by atoms with Crippen molar-refractivity contribution in [3.63, 3.8) is 0 Å². The summed E-state index contributed by atoms with van der Waals surface area (Å²) in [5.41, 5.74) is 1.01. The minimum Gasteiger partial charge on any atom is -0.493 e. The number of rotatable bonds is 5. The summed E-state index contributed by atoms with van der Waals surface area (Å²) in [4.78, 5) is 19.0. The lowest BCUT2D eigenvalue weighted by atomic mass is 10.1. The van der Waals surface area contributed by atoms with Crippen LogP contribution in [0.5, 0.6) is 11.5 Å². The number of carbonyl (C=O) groups excluding carboxylic acids is 1. The Bertz CT molecular complexity index is 1040. The van der Waals surface area contributed by atoms with Gasteiger partial charge in [-0.05, 0) is 49.2 Å². The molecular weight excluding hydrogens is 377 g/mol. The van der Waals surface area contributed by atoms with Crippen LogP contribution in [0.2, 0.25) is 0 Å². The SMILES string of the molecule is COc1ccc(-c2noc([C@H]3CCCN3C(=O)c3cccc(F)c3)n2)cc1OC. The van der Waals surface area contributed by atoms with E-state index in [2.05, 4.69) is 10.1 Å². The van der Waals surface area contributed by atoms with Crippen LogP contribution in [-0.4, -0.2) is 41.7 Å². The van der Waals surface area contributed by atoms with Gasteiger partial charge in [-0.1, -0.05) is 11.2 Å². The molecule has 1 aliphatic rings. The van der Waals surface area contributed by atoms with Crippen molar-refractivity contribution in [1.82, 2.24) is 15.0 Å². The summed E-state index contributed by atoms with van der Waals surface area (Å²) in [6, 6.07) is 10.7. The first-order chi connectivity index (χ1) is 14.1. The average molecular weight is 397 g/mol. The average Bonchev–Trinajstić information content (AvgIpc) is 3.42. The van der Waals surface area contributed by atoms with Crippen molar-refractivity contribution in [3.8, 4) is 22.9 Å². The number of ether oxygens (including phenoxy) is 2. The van der Waals surface area contributed by atoms with E-state index in [0.29, 0.717) is 47.3 Å². The molecule has 0 saturated carbocycles. The van der Waals surface area contributed by atoms with Crippen molar-refractivity contribution in [2.75, 3.05) is 20.8 Å². The van der Waals surface area contributed by atoms with Crippen LogP contribution >= 0.6 is 0 Å². The molecule has 1 saturated heterocycles. The van der Waals surface area contributed by atoms with Gasteiger partial charge in [0.15, 0.2) is 11.5 Å². The molecule has 7 nitrogen and oxygen atoms in total. The first kappa shape index (κ1) is 18.9. The maximum Gasteiger partial charge on any atom is 0.254 e. The van der Waals surface area contributed by atoms with E-state index in [-0.39, 0.29) is 11.9 Å². The minimum atomic E-state index is -0.444. The molecule has 8 heteroatoms. The predicted octanol–water partition coefficient (Wildman–Crippen LogP) is 3.87. The molecule has 3 aromatic rings. The molecule has 0 N–H and O–H groups in total. The summed E-state index contributed by atoms with van der Waals surface area (Å²) in [5.74, 6) is 1.21. The molecule has 2 aromatic carbocycles. The Hall–Kier alpha value is -3.42. The van der Waals surface area contributed by atoms with Crippen LogP contribution in [0.4, 0.5) is 4.39 Å². The fourth-order valence-electron chi connectivity index (χ4n) is 3.52. The van der Waals surface area contributed by atoms with E-state index in [1.807, 2.05) is 0 Å². The second kappa shape index (κ2) is 7.90. The van der Waals surface area contributed by atoms with Crippen LogP contribution in [0.15, 0.2) is 47.0 Å². The molecule has 2 heterocycles. The third kappa shape index (κ3) is 3.65. The van der Waals surface area contributed by atoms with Crippen molar-refractivity contribution < 1.29 is 23.2 Å². The predicted molar refractivity (Wildman–Crippen MR) is 102 cm³/mol. The third-order valence-corrected chi connectivity index (χ3v) is 4.95. The minimum absolute atomic E-state index is 0.252. The zero-order chi connectivity index (χ0) is 20.4. The van der Waals surface area contributed by atoms with E-state index >= 15 is 0 Å². The molecule has 0 spiro atoms. The van der Waals surface area contributed by atoms with Crippen LogP contribution in [0.3, 0.4) is 0 Å². The van der Waals surface area contributed by atoms with E-state index in [0.717, 1.165) is 6.42 Å². The Balaban J connectivity index is 1.59. The molecule has 1 atom stereocenters. The van der Waals surface area contributed by atoms with Gasteiger partial charge >= 0.3 is 0 Å². The Kier molecular flexibility index (Phi) is 5.16. The molecule has 1 fully saturated rings.